The monoisotopic (exact) mass is 949 g/mol. The van der Waals surface area contributed by atoms with Gasteiger partial charge in [0, 0.05) is 69.9 Å². The molecule has 8 rings (SSSR count). The number of nitrogens with two attached hydrogens (primary N) is 1. The average Bonchev–Trinajstić information content (AvgIpc) is 3.82. The van der Waals surface area contributed by atoms with Crippen molar-refractivity contribution in [2.75, 3.05) is 108 Å². The van der Waals surface area contributed by atoms with Crippen molar-refractivity contribution in [1.82, 2.24) is 34.9 Å². The maximum absolute atomic E-state index is 13.3. The second-order valence-electron chi connectivity index (χ2n) is 18.4. The fourth-order valence-electron chi connectivity index (χ4n) is 9.71. The number of amides is 7. The van der Waals surface area contributed by atoms with E-state index in [4.69, 9.17) is 24.9 Å². The molecule has 0 spiro atoms. The van der Waals surface area contributed by atoms with Crippen LogP contribution >= 0.6 is 0 Å². The average molecular weight is 950 g/mol. The van der Waals surface area contributed by atoms with Crippen molar-refractivity contribution in [2.24, 2.45) is 5.73 Å². The molecule has 1 unspecified atom stereocenters. The molecule has 368 valence electrons. The maximum Gasteiger partial charge on any atom is 0.320 e. The largest absolute Gasteiger partial charge is 0.382 e. The van der Waals surface area contributed by atoms with Crippen molar-refractivity contribution in [3.8, 4) is 0 Å². The summed E-state index contributed by atoms with van der Waals surface area (Å²) in [5, 5.41) is 9.09. The Morgan fingerprint density at radius 3 is 2.32 bits per heavy atom. The van der Waals surface area contributed by atoms with Crippen LogP contribution in [0.5, 0.6) is 0 Å². The van der Waals surface area contributed by atoms with Crippen LogP contribution in [0.15, 0.2) is 60.9 Å². The molecule has 20 heteroatoms. The minimum absolute atomic E-state index is 0.0452. The molecular formula is C49H63N11O9. The molecule has 5 N–H and O–H groups in total. The summed E-state index contributed by atoms with van der Waals surface area (Å²) in [7, 11) is 1.82. The zero-order valence-corrected chi connectivity index (χ0v) is 39.5. The first-order chi connectivity index (χ1) is 33.3. The highest BCUT2D eigenvalue weighted by atomic mass is 16.5. The van der Waals surface area contributed by atoms with E-state index in [9.17, 15) is 28.8 Å². The maximum atomic E-state index is 13.3. The fraction of sp³-hybridized carbons (Fsp3) is 0.510. The van der Waals surface area contributed by atoms with Gasteiger partial charge in [0.05, 0.1) is 69.4 Å². The van der Waals surface area contributed by atoms with Gasteiger partial charge in [-0.05, 0) is 73.8 Å². The molecule has 6 heterocycles. The summed E-state index contributed by atoms with van der Waals surface area (Å²) >= 11 is 0. The van der Waals surface area contributed by atoms with Gasteiger partial charge >= 0.3 is 6.03 Å². The van der Waals surface area contributed by atoms with Gasteiger partial charge in [-0.1, -0.05) is 31.7 Å². The molecule has 7 amide bonds. The molecular weight excluding hydrogens is 887 g/mol. The number of piperidine rings is 3. The number of benzene rings is 2. The van der Waals surface area contributed by atoms with E-state index < -0.39 is 29.7 Å². The van der Waals surface area contributed by atoms with E-state index in [-0.39, 0.29) is 52.5 Å². The van der Waals surface area contributed by atoms with E-state index in [2.05, 4.69) is 51.5 Å². The third-order valence-corrected chi connectivity index (χ3v) is 13.8. The van der Waals surface area contributed by atoms with Gasteiger partial charge in [-0.25, -0.2) is 14.8 Å². The highest BCUT2D eigenvalue weighted by molar-refractivity contribution is 6.25. The Hall–Kier alpha value is -6.64. The number of nitrogens with zero attached hydrogens (tertiary/aromatic N) is 7. The number of carbonyl (C=O) groups is 6. The van der Waals surface area contributed by atoms with Crippen molar-refractivity contribution < 1.29 is 43.0 Å². The predicted molar refractivity (Wildman–Crippen MR) is 256 cm³/mol. The van der Waals surface area contributed by atoms with Crippen molar-refractivity contribution in [3.63, 3.8) is 0 Å². The third kappa shape index (κ3) is 11.1. The Morgan fingerprint density at radius 2 is 1.62 bits per heavy atom. The molecule has 1 aromatic heterocycles. The number of aromatic nitrogens is 2. The van der Waals surface area contributed by atoms with Crippen LogP contribution in [-0.2, 0) is 29.2 Å². The number of likely N-dealkylation sites (N-methyl/N-ethyl adjacent to an activating group) is 1. The molecule has 2 atom stereocenters. The van der Waals surface area contributed by atoms with E-state index in [1.54, 1.807) is 29.3 Å². The van der Waals surface area contributed by atoms with Gasteiger partial charge in [0.2, 0.25) is 11.8 Å². The number of anilines is 4. The minimum Gasteiger partial charge on any atom is -0.382 e. The van der Waals surface area contributed by atoms with Gasteiger partial charge in [0.25, 0.3) is 17.7 Å². The van der Waals surface area contributed by atoms with Crippen LogP contribution in [0.3, 0.4) is 0 Å². The van der Waals surface area contributed by atoms with Gasteiger partial charge in [0.15, 0.2) is 11.5 Å². The summed E-state index contributed by atoms with van der Waals surface area (Å²) in [5.74, 6) is -1.12. The molecule has 5 aliphatic rings. The molecule has 0 aliphatic carbocycles. The lowest BCUT2D eigenvalue weighted by Gasteiger charge is -2.40. The van der Waals surface area contributed by atoms with E-state index in [0.717, 1.165) is 48.4 Å². The third-order valence-electron chi connectivity index (χ3n) is 13.8. The molecule has 4 fully saturated rings. The Bertz CT molecular complexity index is 2430. The van der Waals surface area contributed by atoms with E-state index in [1.165, 1.54) is 0 Å². The number of ether oxygens (including phenoxy) is 3. The molecule has 3 aromatic rings. The number of carbonyl (C=O) groups excluding carboxylic acids is 6. The summed E-state index contributed by atoms with van der Waals surface area (Å²) < 4.78 is 17.0. The highest BCUT2D eigenvalue weighted by Gasteiger charge is 2.45. The molecule has 69 heavy (non-hydrogen) atoms. The number of nitrogens with one attached hydrogen (secondary N) is 3. The Balaban J connectivity index is 0.698. The van der Waals surface area contributed by atoms with Crippen molar-refractivity contribution in [3.05, 3.63) is 83.3 Å². The number of hydrogen-bond donors (Lipinski definition) is 4. The van der Waals surface area contributed by atoms with Crippen molar-refractivity contribution in [2.45, 2.75) is 69.4 Å². The van der Waals surface area contributed by atoms with Gasteiger partial charge in [0.1, 0.15) is 11.9 Å². The molecule has 0 saturated carbocycles. The molecule has 2 aromatic carbocycles. The number of urea groups is 1. The SMILES string of the molecule is C=C1CCC(N2C(=O)c3cccc(NCCOCCOCCOCCC(=O)N4CCC(C)(c5ccc(Nc6nc(N7CCC[C@@H](N8CCN(C)C8=O)C7)cnc6C(N)=O)cc5)CC4)c3C2=O)C(=O)N1. The Kier molecular flexibility index (Phi) is 15.4. The quantitative estimate of drug-likeness (QED) is 0.0939. The molecule has 5 aliphatic heterocycles. The van der Waals surface area contributed by atoms with Crippen LogP contribution in [0.2, 0.25) is 0 Å². The molecule has 4 saturated heterocycles. The summed E-state index contributed by atoms with van der Waals surface area (Å²) in [6, 6.07) is 12.3. The van der Waals surface area contributed by atoms with Crippen LogP contribution in [0.4, 0.5) is 27.8 Å². The topological polar surface area (TPSA) is 234 Å². The molecule has 0 radical (unpaired) electrons. The number of likely N-dealkylation sites (tertiary alicyclic amines) is 1. The number of imide groups is 1. The van der Waals surface area contributed by atoms with Crippen LogP contribution in [0, 0.1) is 0 Å². The summed E-state index contributed by atoms with van der Waals surface area (Å²) in [6.45, 7) is 12.5. The number of primary amides is 1. The lowest BCUT2D eigenvalue weighted by molar-refractivity contribution is -0.134. The first kappa shape index (κ1) is 48.8. The number of rotatable bonds is 20. The van der Waals surface area contributed by atoms with Crippen molar-refractivity contribution in [1.29, 1.82) is 0 Å². The van der Waals surface area contributed by atoms with Crippen LogP contribution in [0.25, 0.3) is 0 Å². The summed E-state index contributed by atoms with van der Waals surface area (Å²) in [6.07, 6.45) is 6.12. The number of allylic oxidation sites excluding steroid dienone is 1. The second kappa shape index (κ2) is 21.8. The molecule has 20 nitrogen and oxygen atoms in total. The zero-order valence-electron chi connectivity index (χ0n) is 39.5. The van der Waals surface area contributed by atoms with E-state index >= 15 is 0 Å². The van der Waals surface area contributed by atoms with Gasteiger partial charge in [-0.2, -0.15) is 0 Å². The molecule has 0 bridgehead atoms. The first-order valence-corrected chi connectivity index (χ1v) is 23.9. The van der Waals surface area contributed by atoms with E-state index in [0.29, 0.717) is 109 Å². The van der Waals surface area contributed by atoms with Gasteiger partial charge in [-0.3, -0.25) is 28.9 Å². The highest BCUT2D eigenvalue weighted by Crippen LogP contribution is 2.37. The van der Waals surface area contributed by atoms with Gasteiger partial charge < -0.3 is 55.5 Å². The summed E-state index contributed by atoms with van der Waals surface area (Å²) in [5.41, 5.74) is 9.11. The number of fused-ring (bicyclic) bond motifs is 1. The number of hydrogen-bond acceptors (Lipinski definition) is 14. The van der Waals surface area contributed by atoms with Crippen LogP contribution in [0.1, 0.15) is 88.6 Å². The lowest BCUT2D eigenvalue weighted by atomic mass is 9.74. The second-order valence-corrected chi connectivity index (χ2v) is 18.4. The predicted octanol–water partition coefficient (Wildman–Crippen LogP) is 3.48. The Morgan fingerprint density at radius 1 is 0.899 bits per heavy atom. The van der Waals surface area contributed by atoms with Gasteiger partial charge in [-0.15, -0.1) is 0 Å². The summed E-state index contributed by atoms with van der Waals surface area (Å²) in [4.78, 5) is 95.1. The zero-order chi connectivity index (χ0) is 48.7. The normalized spacial score (nSPS) is 20.4. The van der Waals surface area contributed by atoms with Crippen LogP contribution < -0.4 is 26.6 Å². The van der Waals surface area contributed by atoms with Crippen LogP contribution in [-0.4, -0.2) is 170 Å². The smallest absolute Gasteiger partial charge is 0.320 e. The fourth-order valence-corrected chi connectivity index (χ4v) is 9.71. The Labute approximate surface area is 401 Å². The minimum atomic E-state index is -0.872. The lowest BCUT2D eigenvalue weighted by Crippen LogP contribution is -2.51. The standard InChI is InChI=1S/C49H63N11O9/c1-32-9-14-38(45(63)53-32)60-46(64)36-7-4-8-37(41(36)47(60)65)51-18-25-68-27-29-69-28-26-67-24-15-40(61)57-20-16-49(2,17-21-57)33-10-12-34(13-11-33)54-44-42(43(50)62)52-30-39(55-44)58-19-5-6-35(31-58)59-23-22-56(3)48(59)66/h4,7-8,10-13,30,35,38,51H,1,5-6,9,14-29,31H2,2-3H3,(H2,50,62)(H,53,63)(H,54,55)/t35-,38?/m1/s1. The first-order valence-electron chi connectivity index (χ1n) is 23.9. The van der Waals surface area contributed by atoms with Crippen molar-refractivity contribution >= 4 is 58.6 Å². The van der Waals surface area contributed by atoms with E-state index in [1.807, 2.05) is 29.0 Å².